The number of likely N-dealkylation sites (N-methyl/N-ethyl adjacent to an activating group) is 1. The fourth-order valence-corrected chi connectivity index (χ4v) is 4.22. The molecule has 1 aliphatic heterocycles. The molecule has 4 aromatic rings. The lowest BCUT2D eigenvalue weighted by Gasteiger charge is -2.30. The van der Waals surface area contributed by atoms with Gasteiger partial charge in [0.25, 0.3) is 0 Å². The number of imidazole rings is 1. The van der Waals surface area contributed by atoms with Crippen LogP contribution in [0.1, 0.15) is 25.0 Å². The molecule has 0 amide bonds. The highest BCUT2D eigenvalue weighted by Crippen LogP contribution is 2.44. The lowest BCUT2D eigenvalue weighted by molar-refractivity contribution is 0.156. The lowest BCUT2D eigenvalue weighted by Crippen LogP contribution is -2.29. The smallest absolute Gasteiger partial charge is 0.323 e. The minimum atomic E-state index is -0.552. The van der Waals surface area contributed by atoms with Crippen LogP contribution in [0.25, 0.3) is 39.2 Å². The first-order chi connectivity index (χ1) is 15.6. The molecule has 0 radical (unpaired) electrons. The Morgan fingerprint density at radius 2 is 1.88 bits per heavy atom. The molecule has 0 fully saturated rings. The lowest BCUT2D eigenvalue weighted by atomic mass is 9.94. The molecule has 0 aliphatic carbocycles. The van der Waals surface area contributed by atoms with Crippen molar-refractivity contribution in [3.8, 4) is 22.6 Å². The number of aromatic amines is 2. The summed E-state index contributed by atoms with van der Waals surface area (Å²) >= 11 is 0. The topological polar surface area (TPSA) is 112 Å². The summed E-state index contributed by atoms with van der Waals surface area (Å²) in [6.45, 7) is 4.54. The number of phenolic OH excluding ortho intramolecular Hbond substituents is 1. The number of nitrogens with one attached hydrogen (secondary N) is 2. The highest BCUT2D eigenvalue weighted by Gasteiger charge is 2.30. The van der Waals surface area contributed by atoms with Gasteiger partial charge in [-0.2, -0.15) is 0 Å². The van der Waals surface area contributed by atoms with Crippen molar-refractivity contribution in [1.29, 1.82) is 0 Å². The van der Waals surface area contributed by atoms with Gasteiger partial charge in [-0.1, -0.05) is 6.07 Å². The zero-order valence-electron chi connectivity index (χ0n) is 18.9. The minimum absolute atomic E-state index is 0.121. The van der Waals surface area contributed by atoms with Crippen molar-refractivity contribution in [3.05, 3.63) is 62.4 Å². The minimum Gasteiger partial charge on any atom is -0.507 e. The monoisotopic (exact) mass is 447 g/mol. The van der Waals surface area contributed by atoms with Crippen molar-refractivity contribution in [2.24, 2.45) is 0 Å². The molecule has 0 spiro atoms. The number of phenols is 1. The number of rotatable bonds is 4. The van der Waals surface area contributed by atoms with E-state index in [1.165, 1.54) is 6.26 Å². The number of nitrogens with zero attached hydrogens (tertiary/aromatic N) is 1. The number of aromatic nitrogens is 2. The Balaban J connectivity index is 1.77. The standard InChI is InChI=1S/C25H25N3O5/c1-25(2)9-7-15-22(33-25)14(8-10-28(3)4)20(29)19-21(30)16(12-32-23(15)19)13-5-6-17-18(11-13)27-24(31)26-17/h5-7,9,11-12,29H,8,10H2,1-4H3,(H2,26,27,31). The number of fused-ring (bicyclic) bond motifs is 4. The van der Waals surface area contributed by atoms with Crippen LogP contribution in [0.4, 0.5) is 0 Å². The third-order valence-electron chi connectivity index (χ3n) is 5.93. The number of hydrogen-bond acceptors (Lipinski definition) is 6. The summed E-state index contributed by atoms with van der Waals surface area (Å²) in [6, 6.07) is 5.16. The highest BCUT2D eigenvalue weighted by atomic mass is 16.5. The average molecular weight is 447 g/mol. The van der Waals surface area contributed by atoms with Crippen LogP contribution in [0.2, 0.25) is 0 Å². The number of aromatic hydroxyl groups is 1. The molecule has 0 saturated carbocycles. The van der Waals surface area contributed by atoms with E-state index in [2.05, 4.69) is 9.97 Å². The van der Waals surface area contributed by atoms with Crippen LogP contribution in [0.15, 0.2) is 44.5 Å². The molecule has 3 heterocycles. The van der Waals surface area contributed by atoms with E-state index in [4.69, 9.17) is 9.15 Å². The van der Waals surface area contributed by atoms with E-state index < -0.39 is 5.60 Å². The Kier molecular flexibility index (Phi) is 4.72. The summed E-state index contributed by atoms with van der Waals surface area (Å²) in [5, 5.41) is 11.4. The maximum Gasteiger partial charge on any atom is 0.323 e. The fraction of sp³-hybridized carbons (Fsp3) is 0.280. The summed E-state index contributed by atoms with van der Waals surface area (Å²) in [4.78, 5) is 32.6. The number of hydrogen-bond donors (Lipinski definition) is 3. The molecular weight excluding hydrogens is 422 g/mol. The normalized spacial score (nSPS) is 14.7. The van der Waals surface area contributed by atoms with Gasteiger partial charge in [0.15, 0.2) is 5.58 Å². The van der Waals surface area contributed by atoms with E-state index in [0.717, 1.165) is 0 Å². The summed E-state index contributed by atoms with van der Waals surface area (Å²) < 4.78 is 12.2. The number of benzene rings is 2. The van der Waals surface area contributed by atoms with E-state index >= 15 is 0 Å². The van der Waals surface area contributed by atoms with Crippen LogP contribution in [-0.2, 0) is 6.42 Å². The Bertz CT molecular complexity index is 1550. The zero-order chi connectivity index (χ0) is 23.5. The maximum absolute atomic E-state index is 13.6. The first-order valence-electron chi connectivity index (χ1n) is 10.7. The summed E-state index contributed by atoms with van der Waals surface area (Å²) in [6.07, 6.45) is 5.69. The van der Waals surface area contributed by atoms with Crippen molar-refractivity contribution in [1.82, 2.24) is 14.9 Å². The van der Waals surface area contributed by atoms with Gasteiger partial charge in [-0.3, -0.25) is 4.79 Å². The van der Waals surface area contributed by atoms with Gasteiger partial charge in [0.2, 0.25) is 5.43 Å². The van der Waals surface area contributed by atoms with Gasteiger partial charge in [0.1, 0.15) is 28.7 Å². The molecule has 0 bridgehead atoms. The first-order valence-corrected chi connectivity index (χ1v) is 10.7. The van der Waals surface area contributed by atoms with E-state index in [0.29, 0.717) is 52.0 Å². The molecule has 8 nitrogen and oxygen atoms in total. The van der Waals surface area contributed by atoms with Crippen LogP contribution >= 0.6 is 0 Å². The SMILES string of the molecule is CN(C)CCc1c2c(c3occ(-c4ccc5[nH]c(=O)[nH]c5c4)c(=O)c3c1O)C=CC(C)(C)O2. The van der Waals surface area contributed by atoms with Crippen LogP contribution in [0, 0.1) is 0 Å². The van der Waals surface area contributed by atoms with Crippen molar-refractivity contribution in [2.45, 2.75) is 25.9 Å². The van der Waals surface area contributed by atoms with Crippen molar-refractivity contribution in [2.75, 3.05) is 20.6 Å². The third kappa shape index (κ3) is 3.52. The maximum atomic E-state index is 13.6. The van der Waals surface area contributed by atoms with Crippen LogP contribution in [0.3, 0.4) is 0 Å². The quantitative estimate of drug-likeness (QED) is 0.441. The first kappa shape index (κ1) is 21.1. The number of H-pyrrole nitrogens is 2. The Morgan fingerprint density at radius 1 is 1.12 bits per heavy atom. The predicted molar refractivity (Wildman–Crippen MR) is 128 cm³/mol. The molecular formula is C25H25N3O5. The zero-order valence-corrected chi connectivity index (χ0v) is 18.9. The van der Waals surface area contributed by atoms with Gasteiger partial charge in [-0.05, 0) is 64.2 Å². The van der Waals surface area contributed by atoms with Gasteiger partial charge < -0.3 is 29.1 Å². The molecule has 0 saturated heterocycles. The van der Waals surface area contributed by atoms with Crippen molar-refractivity contribution in [3.63, 3.8) is 0 Å². The molecule has 3 N–H and O–H groups in total. The Labute approximate surface area is 189 Å². The molecule has 8 heteroatoms. The number of ether oxygens (including phenoxy) is 1. The van der Waals surface area contributed by atoms with Gasteiger partial charge in [0, 0.05) is 12.1 Å². The van der Waals surface area contributed by atoms with E-state index in [1.54, 1.807) is 18.2 Å². The van der Waals surface area contributed by atoms with Gasteiger partial charge >= 0.3 is 5.69 Å². The van der Waals surface area contributed by atoms with Gasteiger partial charge in [0.05, 0.1) is 22.2 Å². The van der Waals surface area contributed by atoms with E-state index in [-0.39, 0.29) is 27.8 Å². The second-order valence-corrected chi connectivity index (χ2v) is 9.18. The van der Waals surface area contributed by atoms with Crippen molar-refractivity contribution < 1.29 is 14.3 Å². The Morgan fingerprint density at radius 3 is 2.64 bits per heavy atom. The van der Waals surface area contributed by atoms with Crippen LogP contribution < -0.4 is 15.9 Å². The largest absolute Gasteiger partial charge is 0.507 e. The Hall–Kier alpha value is -3.78. The second-order valence-electron chi connectivity index (χ2n) is 9.18. The van der Waals surface area contributed by atoms with Gasteiger partial charge in [-0.25, -0.2) is 4.79 Å². The molecule has 33 heavy (non-hydrogen) atoms. The second kappa shape index (κ2) is 7.38. The van der Waals surface area contributed by atoms with E-state index in [9.17, 15) is 14.7 Å². The molecule has 0 atom stereocenters. The van der Waals surface area contributed by atoms with Gasteiger partial charge in [-0.15, -0.1) is 0 Å². The fourth-order valence-electron chi connectivity index (χ4n) is 4.22. The van der Waals surface area contributed by atoms with Crippen molar-refractivity contribution >= 4 is 28.1 Å². The third-order valence-corrected chi connectivity index (χ3v) is 5.93. The molecule has 1 aliphatic rings. The molecule has 2 aromatic heterocycles. The molecule has 170 valence electrons. The molecule has 2 aromatic carbocycles. The average Bonchev–Trinajstić information content (AvgIpc) is 3.11. The summed E-state index contributed by atoms with van der Waals surface area (Å²) in [5.74, 6) is 0.417. The summed E-state index contributed by atoms with van der Waals surface area (Å²) in [7, 11) is 3.90. The van der Waals surface area contributed by atoms with E-state index in [1.807, 2.05) is 45.0 Å². The molecule has 5 rings (SSSR count). The highest BCUT2D eigenvalue weighted by molar-refractivity contribution is 5.97. The van der Waals surface area contributed by atoms with Crippen LogP contribution in [0.5, 0.6) is 11.5 Å². The predicted octanol–water partition coefficient (Wildman–Crippen LogP) is 3.62. The molecule has 0 unspecified atom stereocenters. The van der Waals surface area contributed by atoms with Crippen LogP contribution in [-0.4, -0.2) is 46.2 Å². The summed E-state index contributed by atoms with van der Waals surface area (Å²) in [5.41, 5.74) is 2.38.